The van der Waals surface area contributed by atoms with Crippen LogP contribution in [-0.2, 0) is 65.3 Å². The Morgan fingerprint density at radius 2 is 1.03 bits per heavy atom. The molecule has 0 saturated heterocycles. The van der Waals surface area contributed by atoms with Gasteiger partial charge in [-0.15, -0.1) is 0 Å². The van der Waals surface area contributed by atoms with E-state index in [1.807, 2.05) is 24.3 Å². The second-order valence-corrected chi connectivity index (χ2v) is 15.4. The Balaban J connectivity index is 0.869. The molecule has 0 atom stereocenters. The van der Waals surface area contributed by atoms with Crippen LogP contribution in [0.2, 0.25) is 0 Å². The number of carbonyl (C=O) groups is 1. The molecule has 2 aliphatic carbocycles. The van der Waals surface area contributed by atoms with Gasteiger partial charge in [0.15, 0.2) is 5.65 Å². The maximum absolute atomic E-state index is 13.7. The summed E-state index contributed by atoms with van der Waals surface area (Å²) in [5, 5.41) is 0. The van der Waals surface area contributed by atoms with Gasteiger partial charge in [0.1, 0.15) is 17.9 Å². The minimum absolute atomic E-state index is 0.118. The molecule has 1 N–H and O–H groups in total. The smallest absolute Gasteiger partial charge is 0.332 e. The third-order valence-electron chi connectivity index (χ3n) is 10.8. The van der Waals surface area contributed by atoms with Crippen LogP contribution in [0.4, 0.5) is 0 Å². The number of benzene rings is 1. The van der Waals surface area contributed by atoms with Crippen molar-refractivity contribution in [2.45, 2.75) is 64.5 Å². The number of ether oxygens (including phenoxy) is 10. The van der Waals surface area contributed by atoms with E-state index in [-0.39, 0.29) is 24.5 Å². The van der Waals surface area contributed by atoms with Gasteiger partial charge >= 0.3 is 11.7 Å². The summed E-state index contributed by atoms with van der Waals surface area (Å²) in [6.07, 6.45) is 11.9. The van der Waals surface area contributed by atoms with Crippen LogP contribution in [0.3, 0.4) is 0 Å². The first-order chi connectivity index (χ1) is 30.5. The van der Waals surface area contributed by atoms with E-state index in [9.17, 15) is 14.4 Å². The zero-order chi connectivity index (χ0) is 43.5. The van der Waals surface area contributed by atoms with Crippen molar-refractivity contribution < 1.29 is 52.2 Å². The van der Waals surface area contributed by atoms with Crippen molar-refractivity contribution in [1.29, 1.82) is 0 Å². The van der Waals surface area contributed by atoms with E-state index in [4.69, 9.17) is 52.4 Å². The minimum atomic E-state index is -0.478. The highest BCUT2D eigenvalue weighted by Crippen LogP contribution is 2.28. The molecule has 17 nitrogen and oxygen atoms in total. The van der Waals surface area contributed by atoms with Crippen LogP contribution in [0, 0.1) is 11.8 Å². The number of aromatic nitrogens is 4. The molecule has 0 radical (unpaired) electrons. The molecular formula is C45H68N4O13. The van der Waals surface area contributed by atoms with E-state index in [1.165, 1.54) is 23.5 Å². The van der Waals surface area contributed by atoms with Gasteiger partial charge in [-0.3, -0.25) is 13.9 Å². The summed E-state index contributed by atoms with van der Waals surface area (Å²) in [4.78, 5) is 47.7. The highest BCUT2D eigenvalue weighted by atomic mass is 16.6. The van der Waals surface area contributed by atoms with Crippen molar-refractivity contribution in [3.8, 4) is 11.4 Å². The molecule has 2 saturated carbocycles. The Morgan fingerprint density at radius 1 is 0.613 bits per heavy atom. The molecule has 3 aromatic rings. The minimum Gasteiger partial charge on any atom is -0.460 e. The number of aromatic amines is 1. The fourth-order valence-corrected chi connectivity index (χ4v) is 7.48. The van der Waals surface area contributed by atoms with E-state index >= 15 is 0 Å². The maximum Gasteiger partial charge on any atom is 0.332 e. The molecule has 62 heavy (non-hydrogen) atoms. The van der Waals surface area contributed by atoms with Crippen LogP contribution in [0.1, 0.15) is 56.9 Å². The monoisotopic (exact) mass is 872 g/mol. The molecule has 1 aromatic carbocycles. The van der Waals surface area contributed by atoms with Crippen molar-refractivity contribution in [1.82, 2.24) is 19.1 Å². The molecule has 0 unspecified atom stereocenters. The van der Waals surface area contributed by atoms with E-state index in [0.717, 1.165) is 49.7 Å². The lowest BCUT2D eigenvalue weighted by atomic mass is 10.1. The third kappa shape index (κ3) is 17.8. The molecule has 0 spiro atoms. The van der Waals surface area contributed by atoms with Gasteiger partial charge in [-0.05, 0) is 49.2 Å². The zero-order valence-corrected chi connectivity index (χ0v) is 36.6. The number of esters is 1. The topological polar surface area (TPSA) is 182 Å². The SMILES string of the molecule is COCCOCCOCCOCCOCCOCCOCCOCCOCCOC(=O)/C=C/c1ccc(-c2nc3c([nH]2)c(=O)n(CC2CCCC2)c(=O)n3CC2CCCC2)cc1. The summed E-state index contributed by atoms with van der Waals surface area (Å²) in [6.45, 7) is 9.18. The summed E-state index contributed by atoms with van der Waals surface area (Å²) >= 11 is 0. The van der Waals surface area contributed by atoms with Crippen molar-refractivity contribution >= 4 is 23.2 Å². The Hall–Kier alpha value is -3.78. The predicted molar refractivity (Wildman–Crippen MR) is 232 cm³/mol. The zero-order valence-electron chi connectivity index (χ0n) is 36.6. The summed E-state index contributed by atoms with van der Waals surface area (Å²) in [5.41, 5.74) is 1.80. The van der Waals surface area contributed by atoms with Crippen molar-refractivity contribution in [2.24, 2.45) is 11.8 Å². The lowest BCUT2D eigenvalue weighted by molar-refractivity contribution is -0.139. The Kier molecular flexibility index (Phi) is 23.5. The average molecular weight is 873 g/mol. The highest BCUT2D eigenvalue weighted by Gasteiger charge is 2.25. The number of imidazole rings is 1. The molecule has 17 heteroatoms. The second kappa shape index (κ2) is 29.6. The molecule has 0 bridgehead atoms. The molecule has 0 amide bonds. The van der Waals surface area contributed by atoms with Crippen molar-refractivity contribution in [3.05, 3.63) is 56.7 Å². The van der Waals surface area contributed by atoms with Crippen LogP contribution in [0.15, 0.2) is 39.9 Å². The third-order valence-corrected chi connectivity index (χ3v) is 10.8. The molecular weight excluding hydrogens is 805 g/mol. The first-order valence-corrected chi connectivity index (χ1v) is 22.3. The van der Waals surface area contributed by atoms with Gasteiger partial charge in [0, 0.05) is 31.8 Å². The lowest BCUT2D eigenvalue weighted by Crippen LogP contribution is -2.42. The van der Waals surface area contributed by atoms with Gasteiger partial charge in [0.05, 0.1) is 112 Å². The Morgan fingerprint density at radius 3 is 1.48 bits per heavy atom. The van der Waals surface area contributed by atoms with Crippen LogP contribution in [-0.4, -0.2) is 151 Å². The maximum atomic E-state index is 13.7. The number of carbonyl (C=O) groups excluding carboxylic acids is 1. The van der Waals surface area contributed by atoms with E-state index in [0.29, 0.717) is 148 Å². The van der Waals surface area contributed by atoms with Gasteiger partial charge < -0.3 is 52.4 Å². The summed E-state index contributed by atoms with van der Waals surface area (Å²) in [6, 6.07) is 7.47. The second-order valence-electron chi connectivity index (χ2n) is 15.4. The average Bonchev–Trinajstić information content (AvgIpc) is 4.10. The fourth-order valence-electron chi connectivity index (χ4n) is 7.48. The largest absolute Gasteiger partial charge is 0.460 e. The number of rotatable bonds is 34. The van der Waals surface area contributed by atoms with Gasteiger partial charge in [-0.25, -0.2) is 14.6 Å². The van der Waals surface area contributed by atoms with E-state index < -0.39 is 5.97 Å². The number of hydrogen-bond donors (Lipinski definition) is 1. The van der Waals surface area contributed by atoms with Crippen LogP contribution < -0.4 is 11.2 Å². The molecule has 2 aliphatic rings. The molecule has 2 fully saturated rings. The van der Waals surface area contributed by atoms with Crippen molar-refractivity contribution in [3.63, 3.8) is 0 Å². The number of hydrogen-bond acceptors (Lipinski definition) is 14. The molecule has 2 aromatic heterocycles. The van der Waals surface area contributed by atoms with Crippen LogP contribution in [0.25, 0.3) is 28.6 Å². The Bertz CT molecular complexity index is 1830. The van der Waals surface area contributed by atoms with Gasteiger partial charge in [0.25, 0.3) is 5.56 Å². The van der Waals surface area contributed by atoms with E-state index in [1.54, 1.807) is 17.8 Å². The number of methoxy groups -OCH3 is 1. The first kappa shape index (κ1) is 49.2. The van der Waals surface area contributed by atoms with Gasteiger partial charge in [-0.2, -0.15) is 0 Å². The van der Waals surface area contributed by atoms with Crippen LogP contribution >= 0.6 is 0 Å². The summed E-state index contributed by atoms with van der Waals surface area (Å²) in [7, 11) is 1.64. The molecule has 346 valence electrons. The number of nitrogens with zero attached hydrogens (tertiary/aromatic N) is 3. The molecule has 2 heterocycles. The first-order valence-electron chi connectivity index (χ1n) is 22.3. The standard InChI is InChI=1S/C45H68N4O13/c1-53-16-17-54-18-19-55-20-21-56-22-23-57-24-25-58-26-27-59-28-29-60-30-31-61-32-33-62-40(50)15-12-36-10-13-39(14-11-36)42-46-41-43(47-42)48(34-37-6-2-3-7-37)45(52)49(44(41)51)35-38-8-4-5-9-38/h10-15,37-38H,2-9,16-35H2,1H3,(H,46,47)/b15-12+. The number of nitrogens with one attached hydrogen (secondary N) is 1. The molecule has 5 rings (SSSR count). The molecule has 0 aliphatic heterocycles. The normalized spacial score (nSPS) is 14.9. The fraction of sp³-hybridized carbons (Fsp3) is 0.689. The lowest BCUT2D eigenvalue weighted by Gasteiger charge is -2.16. The number of H-pyrrole nitrogens is 1. The predicted octanol–water partition coefficient (Wildman–Crippen LogP) is 4.27. The summed E-state index contributed by atoms with van der Waals surface area (Å²) < 4.78 is 57.0. The quantitative estimate of drug-likeness (QED) is 0.0511. The van der Waals surface area contributed by atoms with Crippen molar-refractivity contribution in [2.75, 3.05) is 126 Å². The number of fused-ring (bicyclic) bond motifs is 1. The van der Waals surface area contributed by atoms with Crippen LogP contribution in [0.5, 0.6) is 0 Å². The van der Waals surface area contributed by atoms with E-state index in [2.05, 4.69) is 4.98 Å². The van der Waals surface area contributed by atoms with Gasteiger partial charge in [-0.1, -0.05) is 49.9 Å². The highest BCUT2D eigenvalue weighted by molar-refractivity contribution is 5.87. The van der Waals surface area contributed by atoms with Gasteiger partial charge in [0.2, 0.25) is 0 Å². The Labute approximate surface area is 364 Å². The summed E-state index contributed by atoms with van der Waals surface area (Å²) in [5.74, 6) is 0.805.